The zero-order chi connectivity index (χ0) is 15.1. The second-order valence-electron chi connectivity index (χ2n) is 4.01. The molecule has 1 unspecified atom stereocenters. The van der Waals surface area contributed by atoms with E-state index in [4.69, 9.17) is 20.9 Å². The van der Waals surface area contributed by atoms with Crippen LogP contribution in [-0.2, 0) is 4.57 Å². The molecule has 21 heavy (non-hydrogen) atoms. The van der Waals surface area contributed by atoms with Crippen molar-refractivity contribution in [3.05, 3.63) is 60.7 Å². The Morgan fingerprint density at radius 3 is 2.05 bits per heavy atom. The van der Waals surface area contributed by atoms with Gasteiger partial charge in [-0.25, -0.2) is 9.88 Å². The van der Waals surface area contributed by atoms with Gasteiger partial charge < -0.3 is 9.26 Å². The van der Waals surface area contributed by atoms with Crippen molar-refractivity contribution in [3.63, 3.8) is 0 Å². The number of halogens is 1. The lowest BCUT2D eigenvalue weighted by Gasteiger charge is -2.17. The van der Waals surface area contributed by atoms with Gasteiger partial charge in [0.25, 0.3) is 0 Å². The molecule has 1 amide bonds. The number of amides is 1. The molecule has 1 atom stereocenters. The molecule has 0 bridgehead atoms. The molecule has 0 spiro atoms. The van der Waals surface area contributed by atoms with Gasteiger partial charge in [0.2, 0.25) is 0 Å². The minimum Gasteiger partial charge on any atom is -0.428 e. The molecule has 0 heterocycles. The third-order valence-electron chi connectivity index (χ3n) is 2.37. The number of hydrogen-bond acceptors (Lipinski definition) is 4. The van der Waals surface area contributed by atoms with E-state index in [1.165, 1.54) is 0 Å². The van der Waals surface area contributed by atoms with Gasteiger partial charge in [-0.2, -0.15) is 0 Å². The summed E-state index contributed by atoms with van der Waals surface area (Å²) in [4.78, 5) is 11.7. The van der Waals surface area contributed by atoms with Crippen LogP contribution >= 0.6 is 19.1 Å². The molecule has 0 fully saturated rings. The summed E-state index contributed by atoms with van der Waals surface area (Å²) in [6, 6.07) is 16.9. The first-order chi connectivity index (χ1) is 10.1. The third-order valence-corrected chi connectivity index (χ3v) is 4.66. The maximum Gasteiger partial charge on any atom is 0.420 e. The first-order valence-electron chi connectivity index (χ1n) is 6.06. The third kappa shape index (κ3) is 4.81. The molecular formula is C14H13ClNO4P. The number of carbonyl (C=O) groups is 1. The summed E-state index contributed by atoms with van der Waals surface area (Å²) in [6.07, 6.45) is -0.888. The van der Waals surface area contributed by atoms with Gasteiger partial charge in [0, 0.05) is 0 Å². The average molecular weight is 326 g/mol. The fourth-order valence-corrected chi connectivity index (χ4v) is 2.75. The standard InChI is InChI=1S/C14H13ClNO4P/c15-11-21(18,20-13-9-5-2-6-10-13)16-14(17)19-12-7-3-1-4-8-12/h1-10H,11H2,(H,16,17,18). The highest BCUT2D eigenvalue weighted by Crippen LogP contribution is 2.43. The van der Waals surface area contributed by atoms with Crippen molar-refractivity contribution in [2.45, 2.75) is 0 Å². The van der Waals surface area contributed by atoms with Gasteiger partial charge in [0.15, 0.2) is 0 Å². The fourth-order valence-electron chi connectivity index (χ4n) is 1.49. The molecule has 0 aliphatic carbocycles. The predicted octanol–water partition coefficient (Wildman–Crippen LogP) is 4.24. The van der Waals surface area contributed by atoms with Crippen molar-refractivity contribution in [1.82, 2.24) is 5.09 Å². The van der Waals surface area contributed by atoms with Gasteiger partial charge in [-0.3, -0.25) is 4.57 Å². The number of alkyl halides is 1. The van der Waals surface area contributed by atoms with Crippen LogP contribution in [0.5, 0.6) is 11.5 Å². The largest absolute Gasteiger partial charge is 0.428 e. The van der Waals surface area contributed by atoms with Gasteiger partial charge in [-0.15, -0.1) is 11.6 Å². The summed E-state index contributed by atoms with van der Waals surface area (Å²) >= 11 is 5.65. The molecule has 5 nitrogen and oxygen atoms in total. The number of rotatable bonds is 5. The lowest BCUT2D eigenvalue weighted by atomic mass is 10.3. The molecule has 110 valence electrons. The second kappa shape index (κ2) is 7.16. The lowest BCUT2D eigenvalue weighted by molar-refractivity contribution is 0.205. The Hall–Kier alpha value is -1.97. The average Bonchev–Trinajstić information content (AvgIpc) is 2.49. The van der Waals surface area contributed by atoms with Crippen LogP contribution in [0.3, 0.4) is 0 Å². The highest BCUT2D eigenvalue weighted by molar-refractivity contribution is 7.59. The molecule has 0 aliphatic rings. The Balaban J connectivity index is 2.01. The Labute approximate surface area is 127 Å². The fraction of sp³-hybridized carbons (Fsp3) is 0.0714. The van der Waals surface area contributed by atoms with Crippen LogP contribution in [0.25, 0.3) is 0 Å². The van der Waals surface area contributed by atoms with Gasteiger partial charge in [0.05, 0.1) is 0 Å². The molecule has 2 aromatic rings. The van der Waals surface area contributed by atoms with Crippen LogP contribution in [0.2, 0.25) is 0 Å². The van der Waals surface area contributed by atoms with Crippen LogP contribution < -0.4 is 14.3 Å². The van der Waals surface area contributed by atoms with E-state index in [2.05, 4.69) is 5.09 Å². The monoisotopic (exact) mass is 325 g/mol. The van der Waals surface area contributed by atoms with Crippen molar-refractivity contribution in [1.29, 1.82) is 0 Å². The summed E-state index contributed by atoms with van der Waals surface area (Å²) in [5, 5.41) is 2.18. The van der Waals surface area contributed by atoms with Gasteiger partial charge in [-0.1, -0.05) is 36.4 Å². The van der Waals surface area contributed by atoms with Crippen LogP contribution in [0.15, 0.2) is 60.7 Å². The van der Waals surface area contributed by atoms with E-state index in [-0.39, 0.29) is 5.62 Å². The van der Waals surface area contributed by atoms with Gasteiger partial charge in [-0.05, 0) is 24.3 Å². The number of carbonyl (C=O) groups excluding carboxylic acids is 1. The number of nitrogens with one attached hydrogen (secondary N) is 1. The SMILES string of the molecule is O=C(NP(=O)(CCl)Oc1ccccc1)Oc1ccccc1. The second-order valence-corrected chi connectivity index (χ2v) is 6.72. The first kappa shape index (κ1) is 15.4. The van der Waals surface area contributed by atoms with Gasteiger partial charge >= 0.3 is 13.6 Å². The molecule has 0 aliphatic heterocycles. The molecule has 2 rings (SSSR count). The maximum absolute atomic E-state index is 12.4. The molecule has 0 aromatic heterocycles. The Morgan fingerprint density at radius 2 is 1.52 bits per heavy atom. The lowest BCUT2D eigenvalue weighted by Crippen LogP contribution is -2.26. The molecule has 0 radical (unpaired) electrons. The highest BCUT2D eigenvalue weighted by atomic mass is 35.5. The van der Waals surface area contributed by atoms with Crippen molar-refractivity contribution < 1.29 is 18.6 Å². The van der Waals surface area contributed by atoms with E-state index < -0.39 is 13.6 Å². The summed E-state index contributed by atoms with van der Waals surface area (Å²) in [5.74, 6) is 0.678. The molecule has 7 heteroatoms. The number of ether oxygens (including phenoxy) is 1. The zero-order valence-electron chi connectivity index (χ0n) is 10.9. The quantitative estimate of drug-likeness (QED) is 0.659. The number of benzene rings is 2. The van der Waals surface area contributed by atoms with Gasteiger partial charge in [0.1, 0.15) is 17.1 Å². The minimum absolute atomic E-state index is 0.329. The van der Waals surface area contributed by atoms with Crippen LogP contribution in [0, 0.1) is 0 Å². The van der Waals surface area contributed by atoms with Crippen LogP contribution in [0.1, 0.15) is 0 Å². The molecule has 0 saturated heterocycles. The van der Waals surface area contributed by atoms with E-state index in [1.807, 2.05) is 0 Å². The van der Waals surface area contributed by atoms with Crippen molar-refractivity contribution in [2.24, 2.45) is 0 Å². The normalized spacial score (nSPS) is 13.0. The number of hydrogen-bond donors (Lipinski definition) is 1. The Bertz CT molecular complexity index is 636. The summed E-state index contributed by atoms with van der Waals surface area (Å²) in [5.41, 5.74) is -0.369. The summed E-state index contributed by atoms with van der Waals surface area (Å²) < 4.78 is 22.6. The van der Waals surface area contributed by atoms with E-state index in [0.717, 1.165) is 0 Å². The van der Waals surface area contributed by atoms with Crippen molar-refractivity contribution in [2.75, 3.05) is 5.62 Å². The number of para-hydroxylation sites is 2. The minimum atomic E-state index is -3.57. The van der Waals surface area contributed by atoms with Crippen molar-refractivity contribution >= 4 is 25.2 Å². The van der Waals surface area contributed by atoms with Crippen LogP contribution in [0.4, 0.5) is 4.79 Å². The zero-order valence-corrected chi connectivity index (χ0v) is 12.6. The smallest absolute Gasteiger partial charge is 0.420 e. The Kier molecular flexibility index (Phi) is 5.26. The van der Waals surface area contributed by atoms with E-state index in [9.17, 15) is 9.36 Å². The molecule has 0 saturated carbocycles. The first-order valence-corrected chi connectivity index (χ1v) is 8.40. The Morgan fingerprint density at radius 1 is 1.00 bits per heavy atom. The summed E-state index contributed by atoms with van der Waals surface area (Å²) in [6.45, 7) is 0. The highest BCUT2D eigenvalue weighted by Gasteiger charge is 2.27. The van der Waals surface area contributed by atoms with E-state index in [0.29, 0.717) is 11.5 Å². The van der Waals surface area contributed by atoms with E-state index >= 15 is 0 Å². The van der Waals surface area contributed by atoms with E-state index in [1.54, 1.807) is 60.7 Å². The topological polar surface area (TPSA) is 64.6 Å². The molecule has 1 N–H and O–H groups in total. The molecule has 2 aromatic carbocycles. The predicted molar refractivity (Wildman–Crippen MR) is 81.0 cm³/mol. The van der Waals surface area contributed by atoms with Crippen LogP contribution in [-0.4, -0.2) is 11.7 Å². The van der Waals surface area contributed by atoms with Crippen molar-refractivity contribution in [3.8, 4) is 11.5 Å². The maximum atomic E-state index is 12.4. The molecular weight excluding hydrogens is 313 g/mol. The summed E-state index contributed by atoms with van der Waals surface area (Å²) in [7, 11) is -3.57.